The first kappa shape index (κ1) is 26.9. The molecule has 2 saturated heterocycles. The number of sulfonamides is 1. The molecule has 35 heavy (non-hydrogen) atoms. The summed E-state index contributed by atoms with van der Waals surface area (Å²) >= 11 is 0. The van der Waals surface area contributed by atoms with Crippen molar-refractivity contribution in [3.8, 4) is 5.75 Å². The number of esters is 1. The van der Waals surface area contributed by atoms with Crippen molar-refractivity contribution in [3.05, 3.63) is 29.8 Å². The topological polar surface area (TPSA) is 139 Å². The van der Waals surface area contributed by atoms with Crippen molar-refractivity contribution in [1.29, 1.82) is 0 Å². The van der Waals surface area contributed by atoms with Crippen LogP contribution in [0, 0.1) is 5.92 Å². The van der Waals surface area contributed by atoms with E-state index in [1.54, 1.807) is 31.4 Å². The van der Waals surface area contributed by atoms with E-state index in [0.29, 0.717) is 18.6 Å². The molecule has 0 saturated carbocycles. The second-order valence-corrected chi connectivity index (χ2v) is 10.9. The predicted octanol–water partition coefficient (Wildman–Crippen LogP) is -1.66. The third kappa shape index (κ3) is 6.92. The third-order valence-corrected chi connectivity index (χ3v) is 7.86. The van der Waals surface area contributed by atoms with Crippen LogP contribution in [0.15, 0.2) is 24.3 Å². The summed E-state index contributed by atoms with van der Waals surface area (Å²) in [6.07, 6.45) is 2.66. The average Bonchev–Trinajstić information content (AvgIpc) is 2.87. The van der Waals surface area contributed by atoms with Crippen LogP contribution < -0.4 is 15.4 Å². The number of nitrogens with two attached hydrogens (primary N) is 1. The lowest BCUT2D eigenvalue weighted by Gasteiger charge is -2.41. The molecule has 194 valence electrons. The number of hydrogen-bond acceptors (Lipinski definition) is 7. The molecule has 2 amide bonds. The van der Waals surface area contributed by atoms with Crippen molar-refractivity contribution in [2.24, 2.45) is 5.92 Å². The second-order valence-electron chi connectivity index (χ2n) is 8.95. The first-order valence-corrected chi connectivity index (χ1v) is 13.6. The number of nitrogens with zero attached hydrogens (tertiary/aromatic N) is 2. The van der Waals surface area contributed by atoms with Crippen LogP contribution in [0.5, 0.6) is 5.75 Å². The molecule has 3 N–H and O–H groups in total. The standard InChI is InChI=1S/C23H34N4O7S/c1-33-18-6-4-16(5-7-18)14-19(23(30)34-2)25-21(28)20-15-26(35(3,31)32)12-13-27(20)22(29)17-8-10-24-11-9-17/h4-7,17,19-20,24H,8-15H2,1-3H3,(H,25,28)/p+1/t19-,20-/m0/s1. The molecule has 11 nitrogen and oxygen atoms in total. The lowest BCUT2D eigenvalue weighted by molar-refractivity contribution is -0.664. The number of amides is 2. The second kappa shape index (κ2) is 11.8. The normalized spacial score (nSPS) is 20.7. The average molecular weight is 512 g/mol. The van der Waals surface area contributed by atoms with Gasteiger partial charge in [-0.3, -0.25) is 9.59 Å². The van der Waals surface area contributed by atoms with Gasteiger partial charge in [-0.05, 0) is 17.7 Å². The summed E-state index contributed by atoms with van der Waals surface area (Å²) in [6, 6.07) is 5.01. The van der Waals surface area contributed by atoms with Crippen molar-refractivity contribution < 1.29 is 37.6 Å². The van der Waals surface area contributed by atoms with Gasteiger partial charge in [-0.15, -0.1) is 0 Å². The molecule has 0 radical (unpaired) electrons. The summed E-state index contributed by atoms with van der Waals surface area (Å²) in [7, 11) is -0.780. The highest BCUT2D eigenvalue weighted by atomic mass is 32.2. The fourth-order valence-electron chi connectivity index (χ4n) is 4.56. The van der Waals surface area contributed by atoms with E-state index in [1.807, 2.05) is 0 Å². The molecule has 1 aromatic rings. The maximum atomic E-state index is 13.4. The van der Waals surface area contributed by atoms with Gasteiger partial charge in [-0.2, -0.15) is 4.31 Å². The summed E-state index contributed by atoms with van der Waals surface area (Å²) in [4.78, 5) is 40.7. The first-order chi connectivity index (χ1) is 16.6. The van der Waals surface area contributed by atoms with Gasteiger partial charge in [0.25, 0.3) is 0 Å². The van der Waals surface area contributed by atoms with Gasteiger partial charge in [0, 0.05) is 44.8 Å². The first-order valence-electron chi connectivity index (χ1n) is 11.7. The zero-order valence-electron chi connectivity index (χ0n) is 20.4. The molecule has 12 heteroatoms. The fraction of sp³-hybridized carbons (Fsp3) is 0.609. The predicted molar refractivity (Wildman–Crippen MR) is 127 cm³/mol. The van der Waals surface area contributed by atoms with E-state index in [-0.39, 0.29) is 37.9 Å². The SMILES string of the molecule is COC(=O)[C@H](Cc1ccc(OC)cc1)NC(=O)[C@@H]1CN(S(C)(=O)=O)CCN1C(=O)C1CC[NH2+]CC1. The molecule has 2 atom stereocenters. The van der Waals surface area contributed by atoms with Gasteiger partial charge in [0.1, 0.15) is 17.8 Å². The van der Waals surface area contributed by atoms with E-state index >= 15 is 0 Å². The lowest BCUT2D eigenvalue weighted by atomic mass is 9.95. The van der Waals surface area contributed by atoms with Gasteiger partial charge in [-0.25, -0.2) is 13.2 Å². The molecule has 3 rings (SSSR count). The Morgan fingerprint density at radius 1 is 1.11 bits per heavy atom. The van der Waals surface area contributed by atoms with E-state index in [2.05, 4.69) is 10.6 Å². The zero-order chi connectivity index (χ0) is 25.6. The lowest BCUT2D eigenvalue weighted by Crippen LogP contribution is -2.86. The Hall–Kier alpha value is -2.70. The van der Waals surface area contributed by atoms with Gasteiger partial charge in [0.15, 0.2) is 0 Å². The fourth-order valence-corrected chi connectivity index (χ4v) is 5.38. The maximum absolute atomic E-state index is 13.4. The van der Waals surface area contributed by atoms with Crippen LogP contribution in [0.25, 0.3) is 0 Å². The van der Waals surface area contributed by atoms with Gasteiger partial charge < -0.3 is 25.0 Å². The molecule has 0 unspecified atom stereocenters. The summed E-state index contributed by atoms with van der Waals surface area (Å²) in [5.74, 6) is -0.902. The van der Waals surface area contributed by atoms with Crippen molar-refractivity contribution in [1.82, 2.24) is 14.5 Å². The van der Waals surface area contributed by atoms with Crippen LogP contribution >= 0.6 is 0 Å². The van der Waals surface area contributed by atoms with Gasteiger partial charge in [0.05, 0.1) is 33.6 Å². The summed E-state index contributed by atoms with van der Waals surface area (Å²) in [5, 5.41) is 4.86. The number of benzene rings is 1. The molecular formula is C23H35N4O7S+. The molecular weight excluding hydrogens is 476 g/mol. The number of piperidine rings is 1. The highest BCUT2D eigenvalue weighted by Crippen LogP contribution is 2.20. The molecule has 2 heterocycles. The summed E-state index contributed by atoms with van der Waals surface area (Å²) in [6.45, 7) is 1.75. The molecule has 2 aliphatic rings. The van der Waals surface area contributed by atoms with E-state index < -0.39 is 34.0 Å². The minimum Gasteiger partial charge on any atom is -0.497 e. The Bertz CT molecular complexity index is 1010. The summed E-state index contributed by atoms with van der Waals surface area (Å²) < 4.78 is 35.7. The quantitative estimate of drug-likeness (QED) is 0.399. The Morgan fingerprint density at radius 3 is 2.34 bits per heavy atom. The Labute approximate surface area is 206 Å². The number of ether oxygens (including phenoxy) is 2. The van der Waals surface area contributed by atoms with Crippen molar-refractivity contribution in [2.75, 3.05) is 53.2 Å². The minimum absolute atomic E-state index is 0.117. The molecule has 0 aromatic heterocycles. The van der Waals surface area contributed by atoms with Crippen LogP contribution in [-0.4, -0.2) is 101 Å². The van der Waals surface area contributed by atoms with Crippen molar-refractivity contribution in [2.45, 2.75) is 31.3 Å². The number of piperazine rings is 1. The molecule has 1 aromatic carbocycles. The van der Waals surface area contributed by atoms with Crippen molar-refractivity contribution in [3.63, 3.8) is 0 Å². The van der Waals surface area contributed by atoms with Crippen LogP contribution in [0.3, 0.4) is 0 Å². The number of methoxy groups -OCH3 is 2. The smallest absolute Gasteiger partial charge is 0.328 e. The monoisotopic (exact) mass is 511 g/mol. The third-order valence-electron chi connectivity index (χ3n) is 6.59. The van der Waals surface area contributed by atoms with Crippen LogP contribution in [0.2, 0.25) is 0 Å². The van der Waals surface area contributed by atoms with Gasteiger partial charge in [-0.1, -0.05) is 12.1 Å². The zero-order valence-corrected chi connectivity index (χ0v) is 21.3. The number of carbonyl (C=O) groups excluding carboxylic acids is 3. The Morgan fingerprint density at radius 2 is 1.77 bits per heavy atom. The van der Waals surface area contributed by atoms with Crippen LogP contribution in [0.1, 0.15) is 18.4 Å². The number of quaternary nitrogens is 1. The Kier molecular flexibility index (Phi) is 9.09. The number of carbonyl (C=O) groups is 3. The number of rotatable bonds is 8. The number of hydrogen-bond donors (Lipinski definition) is 2. The van der Waals surface area contributed by atoms with E-state index in [9.17, 15) is 22.8 Å². The van der Waals surface area contributed by atoms with E-state index in [1.165, 1.54) is 16.3 Å². The minimum atomic E-state index is -3.56. The van der Waals surface area contributed by atoms with Crippen molar-refractivity contribution >= 4 is 27.8 Å². The van der Waals surface area contributed by atoms with Crippen LogP contribution in [-0.2, 0) is 35.6 Å². The molecule has 0 aliphatic carbocycles. The number of nitrogens with one attached hydrogen (secondary N) is 1. The van der Waals surface area contributed by atoms with Gasteiger partial charge in [0.2, 0.25) is 21.8 Å². The highest BCUT2D eigenvalue weighted by Gasteiger charge is 2.41. The molecule has 2 fully saturated rings. The highest BCUT2D eigenvalue weighted by molar-refractivity contribution is 7.88. The van der Waals surface area contributed by atoms with Gasteiger partial charge >= 0.3 is 5.97 Å². The molecule has 2 aliphatic heterocycles. The molecule has 0 bridgehead atoms. The largest absolute Gasteiger partial charge is 0.497 e. The van der Waals surface area contributed by atoms with E-state index in [0.717, 1.165) is 24.9 Å². The van der Waals surface area contributed by atoms with E-state index in [4.69, 9.17) is 9.47 Å². The van der Waals surface area contributed by atoms with Crippen LogP contribution in [0.4, 0.5) is 0 Å². The maximum Gasteiger partial charge on any atom is 0.328 e. The molecule has 0 spiro atoms. The Balaban J connectivity index is 1.80. The summed E-state index contributed by atoms with van der Waals surface area (Å²) in [5.41, 5.74) is 0.772.